The zero-order valence-electron chi connectivity index (χ0n) is 4.97. The summed E-state index contributed by atoms with van der Waals surface area (Å²) in [7, 11) is 0. The van der Waals surface area contributed by atoms with Crippen LogP contribution in [0.1, 0.15) is 0 Å². The second-order valence-electron chi connectivity index (χ2n) is 1.54. The molecule has 0 unspecified atom stereocenters. The number of hydrogen-bond acceptors (Lipinski definition) is 0. The van der Waals surface area contributed by atoms with Crippen molar-refractivity contribution in [1.82, 2.24) is 0 Å². The predicted octanol–water partition coefficient (Wildman–Crippen LogP) is 2.22. The van der Waals surface area contributed by atoms with E-state index in [1.165, 1.54) is 0 Å². The number of allylic oxidation sites excluding steroid dienone is 8. The Kier molecular flexibility index (Phi) is 5.29. The fourth-order valence-electron chi connectivity index (χ4n) is 0.513. The third kappa shape index (κ3) is 4.01. The molecule has 0 heterocycles. The summed E-state index contributed by atoms with van der Waals surface area (Å²) in [6, 6.07) is 0. The van der Waals surface area contributed by atoms with Gasteiger partial charge in [-0.25, -0.2) is 0 Å². The molecule has 0 aliphatic heterocycles. The molecule has 0 saturated carbocycles. The third-order valence-electron chi connectivity index (χ3n) is 0.889. The minimum absolute atomic E-state index is 0. The van der Waals surface area contributed by atoms with Crippen molar-refractivity contribution in [2.45, 2.75) is 0 Å². The van der Waals surface area contributed by atoms with Gasteiger partial charge in [-0.2, -0.15) is 0 Å². The summed E-state index contributed by atoms with van der Waals surface area (Å²) < 4.78 is 0. The van der Waals surface area contributed by atoms with Gasteiger partial charge in [0, 0.05) is 0 Å². The van der Waals surface area contributed by atoms with Crippen molar-refractivity contribution in [3.63, 3.8) is 0 Å². The number of rotatable bonds is 0. The van der Waals surface area contributed by atoms with Gasteiger partial charge in [0.15, 0.2) is 0 Å². The molecule has 0 atom stereocenters. The van der Waals surface area contributed by atoms with Crippen molar-refractivity contribution < 1.29 is 17.1 Å². The molecule has 0 radical (unpaired) electrons. The second-order valence-corrected chi connectivity index (χ2v) is 1.54. The van der Waals surface area contributed by atoms with E-state index >= 15 is 0 Å². The monoisotopic (exact) mass is 160 g/mol. The fourth-order valence-corrected chi connectivity index (χ4v) is 0.513. The summed E-state index contributed by atoms with van der Waals surface area (Å²) in [5.74, 6) is 0. The molecule has 0 aromatic carbocycles. The molecule has 0 aromatic rings. The Morgan fingerprint density at radius 2 is 0.444 bits per heavy atom. The molecule has 0 spiro atoms. The first-order chi connectivity index (χ1) is 4.00. The molecule has 1 rings (SSSR count). The molecule has 0 fully saturated rings. The average Bonchev–Trinajstić information content (AvgIpc) is 1.62. The Labute approximate surface area is 66.1 Å². The summed E-state index contributed by atoms with van der Waals surface area (Å²) in [4.78, 5) is 0. The Bertz CT molecular complexity index is 105. The van der Waals surface area contributed by atoms with Gasteiger partial charge >= 0.3 is 17.1 Å². The van der Waals surface area contributed by atoms with Gasteiger partial charge in [0.25, 0.3) is 0 Å². The zero-order valence-corrected chi connectivity index (χ0v) is 6.08. The minimum atomic E-state index is 0. The van der Waals surface area contributed by atoms with Crippen LogP contribution >= 0.6 is 0 Å². The van der Waals surface area contributed by atoms with Gasteiger partial charge in [0.05, 0.1) is 0 Å². The summed E-state index contributed by atoms with van der Waals surface area (Å²) in [5.41, 5.74) is 0. The molecular formula is C8H8Fe+2. The van der Waals surface area contributed by atoms with E-state index in [1.807, 2.05) is 48.6 Å². The van der Waals surface area contributed by atoms with E-state index in [4.69, 9.17) is 0 Å². The van der Waals surface area contributed by atoms with Gasteiger partial charge in [0.2, 0.25) is 0 Å². The first-order valence-corrected chi connectivity index (χ1v) is 2.67. The van der Waals surface area contributed by atoms with Crippen LogP contribution in [0, 0.1) is 0 Å². The SMILES string of the molecule is C1=C\C=C/C=C\C=C/1.[Fe+2]. The van der Waals surface area contributed by atoms with E-state index in [-0.39, 0.29) is 17.1 Å². The quantitative estimate of drug-likeness (QED) is 0.476. The molecule has 0 amide bonds. The molecule has 1 aliphatic carbocycles. The molecule has 0 saturated heterocycles. The molecule has 0 aromatic heterocycles. The van der Waals surface area contributed by atoms with E-state index in [9.17, 15) is 0 Å². The maximum absolute atomic E-state index is 2.00. The first-order valence-electron chi connectivity index (χ1n) is 2.67. The molecule has 1 aliphatic rings. The molecule has 1 heteroatoms. The van der Waals surface area contributed by atoms with E-state index in [2.05, 4.69) is 0 Å². The maximum Gasteiger partial charge on any atom is 2.00 e. The van der Waals surface area contributed by atoms with Crippen molar-refractivity contribution >= 4 is 0 Å². The largest absolute Gasteiger partial charge is 2.00 e. The first kappa shape index (κ1) is 8.48. The molecule has 0 bridgehead atoms. The van der Waals surface area contributed by atoms with Crippen molar-refractivity contribution in [2.75, 3.05) is 0 Å². The summed E-state index contributed by atoms with van der Waals surface area (Å²) >= 11 is 0. The Hall–Kier alpha value is -0.521. The van der Waals surface area contributed by atoms with Crippen molar-refractivity contribution in [3.8, 4) is 0 Å². The zero-order chi connectivity index (χ0) is 5.66. The van der Waals surface area contributed by atoms with Gasteiger partial charge in [-0.15, -0.1) is 0 Å². The molecule has 46 valence electrons. The summed E-state index contributed by atoms with van der Waals surface area (Å²) in [6.07, 6.45) is 16.0. The third-order valence-corrected chi connectivity index (χ3v) is 0.889. The van der Waals surface area contributed by atoms with Gasteiger partial charge < -0.3 is 0 Å². The van der Waals surface area contributed by atoms with Crippen LogP contribution in [-0.4, -0.2) is 0 Å². The van der Waals surface area contributed by atoms with E-state index < -0.39 is 0 Å². The normalized spacial score (nSPS) is 28.4. The standard InChI is InChI=1S/C8H8.Fe/c1-2-4-6-8-7-5-3-1;/h1-8H;/q;+2/b2-1-,3-1?,4-2?,5-3-,6-4-,7-5?,8-6?,8-7-;. The molecule has 0 N–H and O–H groups in total. The van der Waals surface area contributed by atoms with Crippen LogP contribution in [0.2, 0.25) is 0 Å². The van der Waals surface area contributed by atoms with E-state index in [0.29, 0.717) is 0 Å². The van der Waals surface area contributed by atoms with E-state index in [0.717, 1.165) is 0 Å². The maximum atomic E-state index is 2.00. The van der Waals surface area contributed by atoms with Gasteiger partial charge in [0.1, 0.15) is 0 Å². The summed E-state index contributed by atoms with van der Waals surface area (Å²) in [5, 5.41) is 0. The minimum Gasteiger partial charge on any atom is -0.0623 e. The number of hydrogen-bond donors (Lipinski definition) is 0. The molecule has 0 nitrogen and oxygen atoms in total. The van der Waals surface area contributed by atoms with Crippen molar-refractivity contribution in [1.29, 1.82) is 0 Å². The predicted molar refractivity (Wildman–Crippen MR) is 36.6 cm³/mol. The molecular weight excluding hydrogens is 152 g/mol. The van der Waals surface area contributed by atoms with Gasteiger partial charge in [-0.3, -0.25) is 0 Å². The smallest absolute Gasteiger partial charge is 0.0623 e. The van der Waals surface area contributed by atoms with Crippen LogP contribution in [0.5, 0.6) is 0 Å². The summed E-state index contributed by atoms with van der Waals surface area (Å²) in [6.45, 7) is 0. The van der Waals surface area contributed by atoms with Crippen molar-refractivity contribution in [2.24, 2.45) is 0 Å². The fraction of sp³-hybridized carbons (Fsp3) is 0. The van der Waals surface area contributed by atoms with Gasteiger partial charge in [-0.1, -0.05) is 48.6 Å². The Balaban J connectivity index is 0.000000640. The van der Waals surface area contributed by atoms with Crippen LogP contribution in [0.3, 0.4) is 0 Å². The van der Waals surface area contributed by atoms with Crippen LogP contribution in [0.15, 0.2) is 48.6 Å². The molecule has 9 heavy (non-hydrogen) atoms. The van der Waals surface area contributed by atoms with Crippen LogP contribution in [0.25, 0.3) is 0 Å². The van der Waals surface area contributed by atoms with E-state index in [1.54, 1.807) is 0 Å². The Morgan fingerprint density at radius 1 is 0.333 bits per heavy atom. The second kappa shape index (κ2) is 5.61. The van der Waals surface area contributed by atoms with Crippen molar-refractivity contribution in [3.05, 3.63) is 48.6 Å². The van der Waals surface area contributed by atoms with Gasteiger partial charge in [-0.05, 0) is 0 Å². The van der Waals surface area contributed by atoms with Crippen LogP contribution < -0.4 is 0 Å². The topological polar surface area (TPSA) is 0 Å². The van der Waals surface area contributed by atoms with Crippen LogP contribution in [0.4, 0.5) is 0 Å². The van der Waals surface area contributed by atoms with Crippen LogP contribution in [-0.2, 0) is 17.1 Å². The Morgan fingerprint density at radius 3 is 0.556 bits per heavy atom. The average molecular weight is 160 g/mol.